The molecule has 0 saturated heterocycles. The van der Waals surface area contributed by atoms with Crippen LogP contribution in [0.3, 0.4) is 0 Å². The Kier molecular flexibility index (Phi) is 7.54. The second kappa shape index (κ2) is 10.1. The summed E-state index contributed by atoms with van der Waals surface area (Å²) in [6.07, 6.45) is 1.70. The first-order valence-corrected chi connectivity index (χ1v) is 8.86. The fourth-order valence-electron chi connectivity index (χ4n) is 2.45. The number of hydrogen-bond donors (Lipinski definition) is 1. The van der Waals surface area contributed by atoms with E-state index in [-0.39, 0.29) is 5.78 Å². The first-order chi connectivity index (χ1) is 13.8. The van der Waals surface area contributed by atoms with Crippen LogP contribution in [0.4, 0.5) is 5.69 Å². The van der Waals surface area contributed by atoms with E-state index in [9.17, 15) is 14.4 Å². The van der Waals surface area contributed by atoms with Crippen molar-refractivity contribution in [3.8, 4) is 11.5 Å². The third-order valence-corrected chi connectivity index (χ3v) is 4.03. The third-order valence-electron chi connectivity index (χ3n) is 4.03. The van der Waals surface area contributed by atoms with Crippen molar-refractivity contribution in [1.82, 2.24) is 0 Å². The Hall–Kier alpha value is -3.61. The summed E-state index contributed by atoms with van der Waals surface area (Å²) in [5, 5.41) is 2.62. The molecule has 0 spiro atoms. The summed E-state index contributed by atoms with van der Waals surface area (Å²) in [6, 6.07) is 11.7. The summed E-state index contributed by atoms with van der Waals surface area (Å²) in [6.45, 7) is 2.90. The molecule has 0 unspecified atom stereocenters. The highest BCUT2D eigenvalue weighted by atomic mass is 16.5. The van der Waals surface area contributed by atoms with Gasteiger partial charge in [-0.25, -0.2) is 4.79 Å². The Morgan fingerprint density at radius 2 is 1.79 bits per heavy atom. The van der Waals surface area contributed by atoms with Gasteiger partial charge in [-0.05, 0) is 50.3 Å². The van der Waals surface area contributed by atoms with E-state index in [0.717, 1.165) is 0 Å². The van der Waals surface area contributed by atoms with Gasteiger partial charge < -0.3 is 19.5 Å². The molecule has 0 heterocycles. The molecule has 29 heavy (non-hydrogen) atoms. The van der Waals surface area contributed by atoms with Crippen LogP contribution in [0, 0.1) is 0 Å². The fraction of sp³-hybridized carbons (Fsp3) is 0.227. The number of amides is 1. The van der Waals surface area contributed by atoms with Crippen molar-refractivity contribution in [2.75, 3.05) is 19.5 Å². The average molecular weight is 397 g/mol. The highest BCUT2D eigenvalue weighted by Gasteiger charge is 2.17. The number of benzene rings is 2. The molecule has 0 radical (unpaired) electrons. The van der Waals surface area contributed by atoms with Gasteiger partial charge in [-0.1, -0.05) is 12.1 Å². The first kappa shape index (κ1) is 21.7. The molecule has 0 saturated carbocycles. The van der Waals surface area contributed by atoms with Crippen molar-refractivity contribution in [1.29, 1.82) is 0 Å². The van der Waals surface area contributed by atoms with Crippen molar-refractivity contribution in [3.05, 3.63) is 59.7 Å². The number of anilines is 1. The van der Waals surface area contributed by atoms with Crippen LogP contribution >= 0.6 is 0 Å². The lowest BCUT2D eigenvalue weighted by Crippen LogP contribution is -2.29. The van der Waals surface area contributed by atoms with Gasteiger partial charge in [-0.15, -0.1) is 0 Å². The summed E-state index contributed by atoms with van der Waals surface area (Å²) in [5.74, 6) is -0.134. The highest BCUT2D eigenvalue weighted by molar-refractivity contribution is 5.99. The Bertz CT molecular complexity index is 935. The number of methoxy groups -OCH3 is 2. The summed E-state index contributed by atoms with van der Waals surface area (Å²) in [7, 11) is 3.06. The number of rotatable bonds is 8. The number of esters is 1. The predicted molar refractivity (Wildman–Crippen MR) is 109 cm³/mol. The summed E-state index contributed by atoms with van der Waals surface area (Å²) < 4.78 is 15.5. The molecule has 1 N–H and O–H groups in total. The van der Waals surface area contributed by atoms with Gasteiger partial charge in [-0.3, -0.25) is 9.59 Å². The highest BCUT2D eigenvalue weighted by Crippen LogP contribution is 2.25. The monoisotopic (exact) mass is 397 g/mol. The van der Waals surface area contributed by atoms with Gasteiger partial charge in [0.1, 0.15) is 11.5 Å². The second-order valence-corrected chi connectivity index (χ2v) is 6.15. The Morgan fingerprint density at radius 3 is 2.45 bits per heavy atom. The second-order valence-electron chi connectivity index (χ2n) is 6.15. The van der Waals surface area contributed by atoms with E-state index in [1.165, 1.54) is 40.2 Å². The lowest BCUT2D eigenvalue weighted by molar-refractivity contribution is -0.148. The average Bonchev–Trinajstić information content (AvgIpc) is 2.72. The number of carbonyl (C=O) groups is 3. The molecular formula is C22H23NO6. The molecule has 0 aromatic heterocycles. The molecule has 2 aromatic rings. The normalized spacial score (nSPS) is 11.6. The molecule has 2 aromatic carbocycles. The van der Waals surface area contributed by atoms with Crippen molar-refractivity contribution < 1.29 is 28.6 Å². The minimum absolute atomic E-state index is 0.112. The minimum Gasteiger partial charge on any atom is -0.497 e. The summed E-state index contributed by atoms with van der Waals surface area (Å²) in [5.41, 5.74) is 1.55. The molecule has 0 bridgehead atoms. The fourth-order valence-corrected chi connectivity index (χ4v) is 2.45. The zero-order valence-electron chi connectivity index (χ0n) is 16.7. The minimum atomic E-state index is -1.03. The standard InChI is InChI=1S/C22H23NO6/c1-14(24)16-6-5-7-18(12-16)23-22(26)15(2)29-21(25)11-8-17-13-19(27-3)9-10-20(17)28-4/h5-13,15H,1-4H3,(H,23,26)/b11-8+/t15-/m1/s1. The molecule has 1 amide bonds. The first-order valence-electron chi connectivity index (χ1n) is 8.86. The predicted octanol–water partition coefficient (Wildman–Crippen LogP) is 3.49. The lowest BCUT2D eigenvalue weighted by Gasteiger charge is -2.13. The van der Waals surface area contributed by atoms with Crippen LogP contribution in [0.15, 0.2) is 48.5 Å². The zero-order valence-corrected chi connectivity index (χ0v) is 16.7. The van der Waals surface area contributed by atoms with E-state index in [1.807, 2.05) is 0 Å². The van der Waals surface area contributed by atoms with Crippen LogP contribution in [-0.2, 0) is 14.3 Å². The zero-order chi connectivity index (χ0) is 21.4. The quantitative estimate of drug-likeness (QED) is 0.417. The van der Waals surface area contributed by atoms with Crippen molar-refractivity contribution >= 4 is 29.4 Å². The smallest absolute Gasteiger partial charge is 0.331 e. The van der Waals surface area contributed by atoms with E-state index in [4.69, 9.17) is 14.2 Å². The van der Waals surface area contributed by atoms with Gasteiger partial charge in [0.2, 0.25) is 0 Å². The number of ether oxygens (including phenoxy) is 3. The molecule has 0 aliphatic heterocycles. The van der Waals surface area contributed by atoms with E-state index < -0.39 is 18.0 Å². The van der Waals surface area contributed by atoms with Gasteiger partial charge in [0.25, 0.3) is 5.91 Å². The molecule has 7 nitrogen and oxygen atoms in total. The topological polar surface area (TPSA) is 90.9 Å². The Morgan fingerprint density at radius 1 is 1.03 bits per heavy atom. The van der Waals surface area contributed by atoms with E-state index >= 15 is 0 Å². The van der Waals surface area contributed by atoms with Crippen LogP contribution in [0.1, 0.15) is 29.8 Å². The van der Waals surface area contributed by atoms with Gasteiger partial charge in [0.05, 0.1) is 14.2 Å². The van der Waals surface area contributed by atoms with E-state index in [2.05, 4.69) is 5.32 Å². The van der Waals surface area contributed by atoms with Crippen LogP contribution < -0.4 is 14.8 Å². The maximum atomic E-state index is 12.3. The van der Waals surface area contributed by atoms with Crippen LogP contribution in [0.25, 0.3) is 6.08 Å². The van der Waals surface area contributed by atoms with Crippen molar-refractivity contribution in [3.63, 3.8) is 0 Å². The molecule has 0 aliphatic carbocycles. The van der Waals surface area contributed by atoms with Crippen LogP contribution in [-0.4, -0.2) is 38.0 Å². The van der Waals surface area contributed by atoms with E-state index in [1.54, 1.807) is 42.5 Å². The largest absolute Gasteiger partial charge is 0.497 e. The third kappa shape index (κ3) is 6.21. The number of Topliss-reactive ketones (excluding diaryl/α,β-unsaturated/α-hetero) is 1. The lowest BCUT2D eigenvalue weighted by atomic mass is 10.1. The summed E-state index contributed by atoms with van der Waals surface area (Å²) >= 11 is 0. The molecule has 0 fully saturated rings. The number of ketones is 1. The van der Waals surface area contributed by atoms with Gasteiger partial charge in [0, 0.05) is 22.9 Å². The molecule has 0 aliphatic rings. The number of carbonyl (C=O) groups excluding carboxylic acids is 3. The van der Waals surface area contributed by atoms with Gasteiger partial charge in [0.15, 0.2) is 11.9 Å². The van der Waals surface area contributed by atoms with Crippen LogP contribution in [0.5, 0.6) is 11.5 Å². The Labute approximate surface area is 169 Å². The molecule has 1 atom stereocenters. The maximum Gasteiger partial charge on any atom is 0.331 e. The van der Waals surface area contributed by atoms with Crippen molar-refractivity contribution in [2.45, 2.75) is 20.0 Å². The van der Waals surface area contributed by atoms with Gasteiger partial charge in [-0.2, -0.15) is 0 Å². The number of hydrogen-bond acceptors (Lipinski definition) is 6. The van der Waals surface area contributed by atoms with E-state index in [0.29, 0.717) is 28.3 Å². The van der Waals surface area contributed by atoms with Crippen LogP contribution in [0.2, 0.25) is 0 Å². The number of nitrogens with one attached hydrogen (secondary N) is 1. The Balaban J connectivity index is 1.99. The molecular weight excluding hydrogens is 374 g/mol. The molecule has 2 rings (SSSR count). The molecule has 7 heteroatoms. The molecule has 152 valence electrons. The maximum absolute atomic E-state index is 12.3. The summed E-state index contributed by atoms with van der Waals surface area (Å²) in [4.78, 5) is 35.8. The SMILES string of the molecule is COc1ccc(OC)c(/C=C/C(=O)O[C@H](C)C(=O)Nc2cccc(C(C)=O)c2)c1. The van der Waals surface area contributed by atoms with Gasteiger partial charge >= 0.3 is 5.97 Å². The van der Waals surface area contributed by atoms with Crippen molar-refractivity contribution in [2.24, 2.45) is 0 Å².